The average Bonchev–Trinajstić information content (AvgIpc) is 3.08. The Morgan fingerprint density at radius 2 is 1.66 bits per heavy atom. The second kappa shape index (κ2) is 9.15. The molecule has 1 fully saturated rings. The van der Waals surface area contributed by atoms with Crippen molar-refractivity contribution in [1.82, 2.24) is 10.1 Å². The van der Waals surface area contributed by atoms with Crippen molar-refractivity contribution in [2.45, 2.75) is 57.3 Å². The Bertz CT molecular complexity index is 841. The van der Waals surface area contributed by atoms with Crippen LogP contribution in [0.1, 0.15) is 68.1 Å². The van der Waals surface area contributed by atoms with Gasteiger partial charge in [-0.2, -0.15) is 4.98 Å². The molecule has 1 aliphatic rings. The molecule has 1 heterocycles. The Hall–Kier alpha value is -2.77. The maximum absolute atomic E-state index is 12.8. The van der Waals surface area contributed by atoms with Crippen LogP contribution in [0.3, 0.4) is 0 Å². The molecule has 0 radical (unpaired) electrons. The van der Waals surface area contributed by atoms with Gasteiger partial charge in [-0.3, -0.25) is 10.1 Å². The number of amides is 1. The predicted molar refractivity (Wildman–Crippen MR) is 108 cm³/mol. The number of carbonyl (C=O) groups is 1. The molecule has 1 aromatic carbocycles. The van der Waals surface area contributed by atoms with Gasteiger partial charge in [0.05, 0.1) is 26.9 Å². The Morgan fingerprint density at radius 3 is 2.24 bits per heavy atom. The monoisotopic (exact) mass is 403 g/mol. The first-order valence-corrected chi connectivity index (χ1v) is 10.0. The third-order valence-corrected chi connectivity index (χ3v) is 5.81. The molecular formula is C21H29N3O5. The number of anilines is 1. The maximum Gasteiger partial charge on any atom is 0.328 e. The highest BCUT2D eigenvalue weighted by atomic mass is 16.5. The molecule has 8 nitrogen and oxygen atoms in total. The summed E-state index contributed by atoms with van der Waals surface area (Å²) in [5.41, 5.74) is 0.203. The minimum absolute atomic E-state index is 0.0794. The topological polar surface area (TPSA) is 95.7 Å². The van der Waals surface area contributed by atoms with Gasteiger partial charge in [0.15, 0.2) is 17.3 Å². The van der Waals surface area contributed by atoms with Gasteiger partial charge in [-0.25, -0.2) is 0 Å². The van der Waals surface area contributed by atoms with Crippen molar-refractivity contribution in [3.8, 4) is 17.2 Å². The Morgan fingerprint density at radius 1 is 1.03 bits per heavy atom. The van der Waals surface area contributed by atoms with Crippen molar-refractivity contribution in [3.05, 3.63) is 23.5 Å². The Balaban J connectivity index is 1.83. The highest BCUT2D eigenvalue weighted by molar-refractivity contribution is 6.05. The summed E-state index contributed by atoms with van der Waals surface area (Å²) < 4.78 is 21.2. The number of benzene rings is 1. The average molecular weight is 403 g/mol. The predicted octanol–water partition coefficient (Wildman–Crippen LogP) is 4.35. The first-order valence-electron chi connectivity index (χ1n) is 10.0. The van der Waals surface area contributed by atoms with Gasteiger partial charge in [-0.05, 0) is 19.3 Å². The summed E-state index contributed by atoms with van der Waals surface area (Å²) in [6, 6.07) is 3.24. The van der Waals surface area contributed by atoms with Crippen molar-refractivity contribution in [3.63, 3.8) is 0 Å². The van der Waals surface area contributed by atoms with Gasteiger partial charge >= 0.3 is 6.01 Å². The van der Waals surface area contributed by atoms with Crippen LogP contribution in [0.4, 0.5) is 6.01 Å². The summed E-state index contributed by atoms with van der Waals surface area (Å²) in [6.07, 6.45) is 7.83. The quantitative estimate of drug-likeness (QED) is 0.687. The molecule has 29 heavy (non-hydrogen) atoms. The summed E-state index contributed by atoms with van der Waals surface area (Å²) in [5.74, 6) is 1.50. The summed E-state index contributed by atoms with van der Waals surface area (Å²) in [5, 5.41) is 6.88. The number of nitrogens with zero attached hydrogens (tertiary/aromatic N) is 2. The van der Waals surface area contributed by atoms with E-state index in [1.165, 1.54) is 34.2 Å². The van der Waals surface area contributed by atoms with E-state index >= 15 is 0 Å². The van der Waals surface area contributed by atoms with Crippen LogP contribution in [-0.2, 0) is 5.41 Å². The third kappa shape index (κ3) is 4.31. The number of ether oxygens (including phenoxy) is 3. The smallest absolute Gasteiger partial charge is 0.328 e. The molecule has 0 bridgehead atoms. The number of nitrogens with one attached hydrogen (secondary N) is 1. The summed E-state index contributed by atoms with van der Waals surface area (Å²) >= 11 is 0. The van der Waals surface area contributed by atoms with E-state index in [9.17, 15) is 4.79 Å². The van der Waals surface area contributed by atoms with Crippen molar-refractivity contribution in [2.24, 2.45) is 0 Å². The standard InChI is InChI=1S/C21H29N3O5/c1-5-21(10-8-6-7-9-11-21)19-23-20(29-24-19)22-18(25)14-12-16(27-3)17(28-4)13-15(14)26-2/h12-13H,5-11H2,1-4H3,(H,22,23,24,25). The van der Waals surface area contributed by atoms with Crippen molar-refractivity contribution >= 4 is 11.9 Å². The Kier molecular flexibility index (Phi) is 6.61. The van der Waals surface area contributed by atoms with Gasteiger partial charge in [-0.15, -0.1) is 0 Å². The van der Waals surface area contributed by atoms with E-state index < -0.39 is 5.91 Å². The van der Waals surface area contributed by atoms with Crippen LogP contribution in [0, 0.1) is 0 Å². The van der Waals surface area contributed by atoms with Gasteiger partial charge in [0.25, 0.3) is 5.91 Å². The summed E-state index contributed by atoms with van der Waals surface area (Å²) in [7, 11) is 4.52. The van der Waals surface area contributed by atoms with Gasteiger partial charge in [0.1, 0.15) is 5.75 Å². The molecule has 1 amide bonds. The lowest BCUT2D eigenvalue weighted by molar-refractivity contribution is 0.102. The largest absolute Gasteiger partial charge is 0.496 e. The van der Waals surface area contributed by atoms with E-state index in [1.54, 1.807) is 12.1 Å². The molecule has 2 aromatic rings. The molecule has 0 atom stereocenters. The van der Waals surface area contributed by atoms with E-state index in [4.69, 9.17) is 18.7 Å². The minimum Gasteiger partial charge on any atom is -0.496 e. The van der Waals surface area contributed by atoms with Crippen LogP contribution >= 0.6 is 0 Å². The van der Waals surface area contributed by atoms with Crippen molar-refractivity contribution in [2.75, 3.05) is 26.6 Å². The number of hydrogen-bond donors (Lipinski definition) is 1. The highest BCUT2D eigenvalue weighted by Crippen LogP contribution is 2.40. The van der Waals surface area contributed by atoms with Gasteiger partial charge in [0.2, 0.25) is 0 Å². The molecule has 1 N–H and O–H groups in total. The van der Waals surface area contributed by atoms with E-state index in [0.29, 0.717) is 23.1 Å². The fraction of sp³-hybridized carbons (Fsp3) is 0.571. The highest BCUT2D eigenvalue weighted by Gasteiger charge is 2.36. The molecule has 1 aliphatic carbocycles. The Labute approximate surface area is 170 Å². The fourth-order valence-corrected chi connectivity index (χ4v) is 4.00. The lowest BCUT2D eigenvalue weighted by atomic mass is 9.77. The summed E-state index contributed by atoms with van der Waals surface area (Å²) in [4.78, 5) is 17.3. The van der Waals surface area contributed by atoms with Crippen molar-refractivity contribution < 1.29 is 23.5 Å². The lowest BCUT2D eigenvalue weighted by Crippen LogP contribution is -2.26. The number of carbonyl (C=O) groups excluding carboxylic acids is 1. The van der Waals surface area contributed by atoms with E-state index in [-0.39, 0.29) is 17.0 Å². The molecule has 0 unspecified atom stereocenters. The number of methoxy groups -OCH3 is 3. The van der Waals surface area contributed by atoms with E-state index in [2.05, 4.69) is 22.4 Å². The number of aromatic nitrogens is 2. The fourth-order valence-electron chi connectivity index (χ4n) is 4.00. The first-order chi connectivity index (χ1) is 14.1. The van der Waals surface area contributed by atoms with Crippen LogP contribution in [0.2, 0.25) is 0 Å². The van der Waals surface area contributed by atoms with Crippen LogP contribution in [-0.4, -0.2) is 37.4 Å². The van der Waals surface area contributed by atoms with Crippen LogP contribution in [0.25, 0.3) is 0 Å². The molecule has 1 saturated carbocycles. The zero-order valence-electron chi connectivity index (χ0n) is 17.5. The summed E-state index contributed by atoms with van der Waals surface area (Å²) in [6.45, 7) is 2.16. The zero-order valence-corrected chi connectivity index (χ0v) is 17.5. The molecule has 0 saturated heterocycles. The first kappa shape index (κ1) is 21.0. The molecule has 8 heteroatoms. The second-order valence-electron chi connectivity index (χ2n) is 7.33. The lowest BCUT2D eigenvalue weighted by Gasteiger charge is -2.27. The van der Waals surface area contributed by atoms with E-state index in [0.717, 1.165) is 32.1 Å². The van der Waals surface area contributed by atoms with Gasteiger partial charge in [0, 0.05) is 17.5 Å². The molecule has 0 spiro atoms. The molecule has 0 aliphatic heterocycles. The minimum atomic E-state index is -0.426. The van der Waals surface area contributed by atoms with Crippen LogP contribution < -0.4 is 19.5 Å². The van der Waals surface area contributed by atoms with Crippen LogP contribution in [0.15, 0.2) is 16.7 Å². The zero-order chi connectivity index (χ0) is 20.9. The molecular weight excluding hydrogens is 374 g/mol. The normalized spacial score (nSPS) is 16.0. The molecule has 1 aromatic heterocycles. The SMILES string of the molecule is CCC1(c2noc(NC(=O)c3cc(OC)c(OC)cc3OC)n2)CCCCCC1. The number of hydrogen-bond acceptors (Lipinski definition) is 7. The van der Waals surface area contributed by atoms with E-state index in [1.807, 2.05) is 0 Å². The third-order valence-electron chi connectivity index (χ3n) is 5.81. The van der Waals surface area contributed by atoms with Crippen molar-refractivity contribution in [1.29, 1.82) is 0 Å². The molecule has 158 valence electrons. The van der Waals surface area contributed by atoms with Gasteiger partial charge in [-0.1, -0.05) is 37.8 Å². The second-order valence-corrected chi connectivity index (χ2v) is 7.33. The molecule has 3 rings (SSSR count). The maximum atomic E-state index is 12.8. The van der Waals surface area contributed by atoms with Gasteiger partial charge < -0.3 is 18.7 Å². The number of rotatable bonds is 7. The van der Waals surface area contributed by atoms with Crippen LogP contribution in [0.5, 0.6) is 17.2 Å².